The number of hydrogen-bond acceptors (Lipinski definition) is 8. The minimum Gasteiger partial charge on any atom is -0.446 e. The molecule has 0 radical (unpaired) electrons. The highest BCUT2D eigenvalue weighted by molar-refractivity contribution is 6.61. The fraction of sp³-hybridized carbons (Fsp3) is 0.750. The summed E-state index contributed by atoms with van der Waals surface area (Å²) in [5.41, 5.74) is -1.28. The van der Waals surface area contributed by atoms with Crippen LogP contribution in [0.5, 0.6) is 0 Å². The van der Waals surface area contributed by atoms with E-state index in [-0.39, 0.29) is 0 Å². The summed E-state index contributed by atoms with van der Waals surface area (Å²) in [5.74, 6) is 0. The third-order valence-corrected chi connectivity index (χ3v) is 1.08. The Morgan fingerprint density at radius 2 is 1.60 bits per heavy atom. The Labute approximate surface area is 86.9 Å². The van der Waals surface area contributed by atoms with Crippen LogP contribution in [0.15, 0.2) is 0 Å². The number of carbonyl (C=O) groups excluding carboxylic acids is 1. The number of nitrogens with zero attached hydrogens (tertiary/aromatic N) is 2. The molecule has 0 aliphatic rings. The van der Waals surface area contributed by atoms with E-state index in [4.69, 9.17) is 11.6 Å². The van der Waals surface area contributed by atoms with E-state index in [0.29, 0.717) is 0 Å². The molecule has 0 rings (SSSR count). The molecule has 0 aromatic carbocycles. The van der Waals surface area contributed by atoms with Crippen molar-refractivity contribution in [3.63, 3.8) is 0 Å². The van der Waals surface area contributed by atoms with Gasteiger partial charge in [-0.05, 0) is 0 Å². The van der Waals surface area contributed by atoms with Crippen LogP contribution < -0.4 is 0 Å². The van der Waals surface area contributed by atoms with Gasteiger partial charge in [0.2, 0.25) is 0 Å². The minimum absolute atomic E-state index is 0.709. The molecule has 0 fully saturated rings. The van der Waals surface area contributed by atoms with Crippen LogP contribution in [0.4, 0.5) is 4.79 Å². The van der Waals surface area contributed by atoms with E-state index in [9.17, 15) is 25.0 Å². The highest BCUT2D eigenvalue weighted by Crippen LogP contribution is 1.99. The predicted octanol–water partition coefficient (Wildman–Crippen LogP) is 0.147. The van der Waals surface area contributed by atoms with Crippen LogP contribution in [0.1, 0.15) is 0 Å². The highest BCUT2D eigenvalue weighted by Gasteiger charge is 2.17. The number of rotatable bonds is 7. The van der Waals surface area contributed by atoms with Gasteiger partial charge in [-0.15, -0.1) is 20.2 Å². The molecule has 0 aromatic rings. The molecule has 0 saturated carbocycles. The summed E-state index contributed by atoms with van der Waals surface area (Å²) < 4.78 is 4.22. The van der Waals surface area contributed by atoms with Gasteiger partial charge in [0.1, 0.15) is 13.2 Å². The van der Waals surface area contributed by atoms with Crippen LogP contribution in [0.2, 0.25) is 0 Å². The Morgan fingerprint density at radius 1 is 1.20 bits per heavy atom. The summed E-state index contributed by atoms with van der Waals surface area (Å²) in [4.78, 5) is 37.4. The van der Waals surface area contributed by atoms with E-state index in [1.54, 1.807) is 0 Å². The zero-order valence-electron chi connectivity index (χ0n) is 7.03. The number of carbonyl (C=O) groups is 1. The van der Waals surface area contributed by atoms with Gasteiger partial charge in [0.25, 0.3) is 10.2 Å². The Morgan fingerprint density at radius 3 is 1.87 bits per heavy atom. The van der Waals surface area contributed by atoms with Crippen molar-refractivity contribution in [2.24, 2.45) is 0 Å². The van der Waals surface area contributed by atoms with Crippen molar-refractivity contribution in [2.75, 3.05) is 13.2 Å². The maximum Gasteiger partial charge on any atom is 0.404 e. The summed E-state index contributed by atoms with van der Waals surface area (Å²) in [6.07, 6.45) is -1.33. The average Bonchev–Trinajstić information content (AvgIpc) is 2.08. The molecule has 10 nitrogen and oxygen atoms in total. The molecule has 15 heavy (non-hydrogen) atoms. The van der Waals surface area contributed by atoms with Crippen molar-refractivity contribution < 1.29 is 29.4 Å². The predicted molar refractivity (Wildman–Crippen MR) is 42.0 cm³/mol. The molecule has 0 saturated heterocycles. The standard InChI is InChI=1S/C4H5ClN2O8/c5-4(8)15-3(1-13-6(9)10)2-14-7(11)12/h3H,1-2H2. The first-order valence-corrected chi connectivity index (χ1v) is 3.70. The van der Waals surface area contributed by atoms with Gasteiger partial charge < -0.3 is 14.4 Å². The molecule has 11 heteroatoms. The zero-order valence-corrected chi connectivity index (χ0v) is 7.79. The summed E-state index contributed by atoms with van der Waals surface area (Å²) in [7, 11) is 0. The molecule has 86 valence electrons. The van der Waals surface area contributed by atoms with Gasteiger partial charge >= 0.3 is 5.43 Å². The van der Waals surface area contributed by atoms with Crippen molar-refractivity contribution in [1.29, 1.82) is 0 Å². The first kappa shape index (κ1) is 13.2. The van der Waals surface area contributed by atoms with Crippen LogP contribution in [0.3, 0.4) is 0 Å². The fourth-order valence-corrected chi connectivity index (χ4v) is 0.661. The molecule has 0 spiro atoms. The van der Waals surface area contributed by atoms with Crippen molar-refractivity contribution in [3.05, 3.63) is 20.2 Å². The van der Waals surface area contributed by atoms with E-state index < -0.39 is 34.9 Å². The lowest BCUT2D eigenvalue weighted by Crippen LogP contribution is -2.29. The van der Waals surface area contributed by atoms with Gasteiger partial charge in [-0.2, -0.15) is 0 Å². The smallest absolute Gasteiger partial charge is 0.404 e. The van der Waals surface area contributed by atoms with Gasteiger partial charge in [0, 0.05) is 11.6 Å². The SMILES string of the molecule is O=C(Cl)OC(CO[N+](=O)[O-])CO[N+](=O)[O-]. The zero-order chi connectivity index (χ0) is 11.8. The third kappa shape index (κ3) is 8.49. The second kappa shape index (κ2) is 6.59. The minimum atomic E-state index is -1.33. The summed E-state index contributed by atoms with van der Waals surface area (Å²) >= 11 is 4.79. The molecular weight excluding hydrogens is 240 g/mol. The topological polar surface area (TPSA) is 131 Å². The van der Waals surface area contributed by atoms with Crippen LogP contribution in [0, 0.1) is 20.2 Å². The number of hydrogen-bond donors (Lipinski definition) is 0. The molecule has 0 atom stereocenters. The first-order chi connectivity index (χ1) is 6.91. The highest BCUT2D eigenvalue weighted by atomic mass is 35.5. The van der Waals surface area contributed by atoms with E-state index in [1.165, 1.54) is 0 Å². The van der Waals surface area contributed by atoms with Crippen LogP contribution in [-0.2, 0) is 14.4 Å². The van der Waals surface area contributed by atoms with Crippen molar-refractivity contribution in [3.8, 4) is 0 Å². The second-order valence-electron chi connectivity index (χ2n) is 2.02. The summed E-state index contributed by atoms with van der Waals surface area (Å²) in [6.45, 7) is -1.42. The third-order valence-electron chi connectivity index (χ3n) is 0.991. The second-order valence-corrected chi connectivity index (χ2v) is 2.32. The normalized spacial score (nSPS) is 9.47. The van der Waals surface area contributed by atoms with Crippen molar-refractivity contribution in [1.82, 2.24) is 0 Å². The average molecular weight is 245 g/mol. The molecule has 0 heterocycles. The molecule has 0 aliphatic carbocycles. The van der Waals surface area contributed by atoms with E-state index in [2.05, 4.69) is 14.4 Å². The Hall–Kier alpha value is -1.84. The van der Waals surface area contributed by atoms with Gasteiger partial charge in [-0.3, -0.25) is 0 Å². The van der Waals surface area contributed by atoms with Crippen molar-refractivity contribution >= 4 is 17.0 Å². The van der Waals surface area contributed by atoms with Crippen LogP contribution in [0.25, 0.3) is 0 Å². The van der Waals surface area contributed by atoms with Gasteiger partial charge in [0.15, 0.2) is 6.10 Å². The Balaban J connectivity index is 3.99. The lowest BCUT2D eigenvalue weighted by atomic mass is 10.4. The van der Waals surface area contributed by atoms with E-state index in [1.807, 2.05) is 0 Å². The quantitative estimate of drug-likeness (QED) is 0.351. The van der Waals surface area contributed by atoms with Crippen molar-refractivity contribution in [2.45, 2.75) is 6.10 Å². The molecule has 0 amide bonds. The number of ether oxygens (including phenoxy) is 1. The fourth-order valence-electron chi connectivity index (χ4n) is 0.535. The largest absolute Gasteiger partial charge is 0.446 e. The molecule has 0 aromatic heterocycles. The van der Waals surface area contributed by atoms with Gasteiger partial charge in [-0.1, -0.05) is 0 Å². The lowest BCUT2D eigenvalue weighted by Gasteiger charge is -2.13. The molecule has 0 bridgehead atoms. The first-order valence-electron chi connectivity index (χ1n) is 3.32. The van der Waals surface area contributed by atoms with E-state index in [0.717, 1.165) is 0 Å². The maximum atomic E-state index is 10.2. The molecule has 0 unspecified atom stereocenters. The summed E-state index contributed by atoms with van der Waals surface area (Å²) in [6, 6.07) is 0. The van der Waals surface area contributed by atoms with E-state index >= 15 is 0 Å². The number of halogens is 1. The van der Waals surface area contributed by atoms with Crippen LogP contribution in [-0.4, -0.2) is 34.9 Å². The summed E-state index contributed by atoms with van der Waals surface area (Å²) in [5, 5.41) is 17.2. The Kier molecular flexibility index (Phi) is 5.78. The van der Waals surface area contributed by atoms with Gasteiger partial charge in [-0.25, -0.2) is 4.79 Å². The molecular formula is C4H5ClN2O8. The molecule has 0 aliphatic heterocycles. The monoisotopic (exact) mass is 244 g/mol. The van der Waals surface area contributed by atoms with Gasteiger partial charge in [0.05, 0.1) is 0 Å². The maximum absolute atomic E-state index is 10.2. The lowest BCUT2D eigenvalue weighted by molar-refractivity contribution is -0.768. The molecule has 0 N–H and O–H groups in total. The van der Waals surface area contributed by atoms with Crippen LogP contribution >= 0.6 is 11.6 Å². The Bertz CT molecular complexity index is 239.